The molecule has 9 heteroatoms. The molecule has 4 aromatic carbocycles. The molecule has 1 atom stereocenters. The number of ether oxygens (including phenoxy) is 1. The van der Waals surface area contributed by atoms with Gasteiger partial charge in [0.05, 0.1) is 11.6 Å². The Hall–Kier alpha value is -4.73. The highest BCUT2D eigenvalue weighted by molar-refractivity contribution is 8.00. The van der Waals surface area contributed by atoms with Crippen molar-refractivity contribution in [2.45, 2.75) is 36.6 Å². The second-order valence-corrected chi connectivity index (χ2v) is 12.6. The van der Waals surface area contributed by atoms with Crippen LogP contribution in [0.4, 0.5) is 5.13 Å². The molecule has 1 unspecified atom stereocenters. The summed E-state index contributed by atoms with van der Waals surface area (Å²) in [5.41, 5.74) is 5.48. The van der Waals surface area contributed by atoms with Crippen LogP contribution in [-0.4, -0.2) is 27.0 Å². The van der Waals surface area contributed by atoms with Crippen molar-refractivity contribution in [3.63, 3.8) is 0 Å². The molecule has 0 radical (unpaired) electrons. The second-order valence-electron chi connectivity index (χ2n) is 10.4. The number of benzene rings is 4. The summed E-state index contributed by atoms with van der Waals surface area (Å²) in [4.78, 5) is 28.4. The van der Waals surface area contributed by atoms with E-state index >= 15 is 0 Å². The number of aryl methyl sites for hydroxylation is 2. The minimum atomic E-state index is -0.868. The van der Waals surface area contributed by atoms with Crippen LogP contribution in [0, 0.1) is 13.8 Å². The van der Waals surface area contributed by atoms with Crippen molar-refractivity contribution in [3.8, 4) is 5.75 Å². The molecule has 44 heavy (non-hydrogen) atoms. The first-order valence-electron chi connectivity index (χ1n) is 14.0. The van der Waals surface area contributed by atoms with Gasteiger partial charge in [0.25, 0.3) is 5.78 Å². The van der Waals surface area contributed by atoms with Gasteiger partial charge in [-0.05, 0) is 60.4 Å². The van der Waals surface area contributed by atoms with Crippen LogP contribution in [0.3, 0.4) is 0 Å². The molecule has 220 valence electrons. The molecule has 5 aromatic rings. The predicted molar refractivity (Wildman–Crippen MR) is 174 cm³/mol. The highest BCUT2D eigenvalue weighted by atomic mass is 32.2. The Morgan fingerprint density at radius 3 is 2.32 bits per heavy atom. The summed E-state index contributed by atoms with van der Waals surface area (Å²) in [6.07, 6.45) is 0. The summed E-state index contributed by atoms with van der Waals surface area (Å²) < 4.78 is 6.63. The molecule has 1 aromatic heterocycles. The van der Waals surface area contributed by atoms with Gasteiger partial charge >= 0.3 is 5.91 Å². The fraction of sp³-hybridized carbons (Fsp3) is 0.143. The molecule has 7 nitrogen and oxygen atoms in total. The standard InChI is InChI=1S/C35H29N3O4S2/c1-22-12-14-25(15-13-22)30-29(31(39)26-16-18-28(19-17-26)42-20-27-11-7-6-8-23(27)2)32(40)33(41)38(30)34-36-37-35(44-34)43-21-24-9-4-3-5-10-24/h3-19,30,39H,20-21H2,1-2H3/b31-29+. The third-order valence-corrected chi connectivity index (χ3v) is 9.55. The highest BCUT2D eigenvalue weighted by Gasteiger charge is 2.48. The van der Waals surface area contributed by atoms with Crippen LogP contribution in [0.5, 0.6) is 5.75 Å². The summed E-state index contributed by atoms with van der Waals surface area (Å²) in [5.74, 6) is -0.479. The minimum absolute atomic E-state index is 0.00104. The predicted octanol–water partition coefficient (Wildman–Crippen LogP) is 7.65. The van der Waals surface area contributed by atoms with E-state index in [2.05, 4.69) is 10.2 Å². The molecule has 6 rings (SSSR count). The average Bonchev–Trinajstić information content (AvgIpc) is 3.62. The molecule has 0 saturated carbocycles. The zero-order valence-corrected chi connectivity index (χ0v) is 25.8. The van der Waals surface area contributed by atoms with E-state index in [-0.39, 0.29) is 11.3 Å². The molecule has 1 fully saturated rings. The normalized spacial score (nSPS) is 16.0. The number of hydrogen-bond donors (Lipinski definition) is 1. The molecular formula is C35H29N3O4S2. The van der Waals surface area contributed by atoms with Gasteiger partial charge in [-0.25, -0.2) is 0 Å². The average molecular weight is 620 g/mol. The Bertz CT molecular complexity index is 1830. The molecule has 1 saturated heterocycles. The molecule has 0 aliphatic carbocycles. The van der Waals surface area contributed by atoms with E-state index < -0.39 is 17.7 Å². The maximum Gasteiger partial charge on any atom is 0.301 e. The van der Waals surface area contributed by atoms with Gasteiger partial charge in [-0.1, -0.05) is 108 Å². The van der Waals surface area contributed by atoms with Crippen molar-refractivity contribution in [3.05, 3.63) is 142 Å². The third-order valence-electron chi connectivity index (χ3n) is 7.43. The minimum Gasteiger partial charge on any atom is -0.507 e. The number of anilines is 1. The lowest BCUT2D eigenvalue weighted by atomic mass is 9.95. The Morgan fingerprint density at radius 1 is 0.886 bits per heavy atom. The van der Waals surface area contributed by atoms with E-state index in [1.807, 2.05) is 92.7 Å². The van der Waals surface area contributed by atoms with Gasteiger partial charge in [0.1, 0.15) is 18.1 Å². The molecule has 1 aliphatic rings. The van der Waals surface area contributed by atoms with Crippen LogP contribution in [0.15, 0.2) is 113 Å². The highest BCUT2D eigenvalue weighted by Crippen LogP contribution is 2.44. The third kappa shape index (κ3) is 6.15. The first-order chi connectivity index (χ1) is 21.4. The smallest absolute Gasteiger partial charge is 0.301 e. The lowest BCUT2D eigenvalue weighted by Crippen LogP contribution is -2.29. The molecule has 1 amide bonds. The number of thioether (sulfide) groups is 1. The Kier molecular flexibility index (Phi) is 8.58. The van der Waals surface area contributed by atoms with E-state index in [1.165, 1.54) is 28.0 Å². The zero-order chi connectivity index (χ0) is 30.6. The molecule has 2 heterocycles. The maximum absolute atomic E-state index is 13.5. The quantitative estimate of drug-likeness (QED) is 0.0596. The lowest BCUT2D eigenvalue weighted by Gasteiger charge is -2.22. The number of nitrogens with zero attached hydrogens (tertiary/aromatic N) is 3. The van der Waals surface area contributed by atoms with E-state index in [1.54, 1.807) is 24.3 Å². The summed E-state index contributed by atoms with van der Waals surface area (Å²) in [6, 6.07) is 31.5. The van der Waals surface area contributed by atoms with Crippen LogP contribution in [0.2, 0.25) is 0 Å². The van der Waals surface area contributed by atoms with Gasteiger partial charge in [0.15, 0.2) is 4.34 Å². The van der Waals surface area contributed by atoms with Crippen LogP contribution >= 0.6 is 23.1 Å². The van der Waals surface area contributed by atoms with Crippen molar-refractivity contribution in [1.82, 2.24) is 10.2 Å². The summed E-state index contributed by atoms with van der Waals surface area (Å²) in [7, 11) is 0. The number of aliphatic hydroxyl groups is 1. The van der Waals surface area contributed by atoms with Gasteiger partial charge in [-0.2, -0.15) is 0 Å². The van der Waals surface area contributed by atoms with Gasteiger partial charge in [0, 0.05) is 11.3 Å². The number of amides is 1. The number of Topliss-reactive ketones (excluding diaryl/α,β-unsaturated/α-hetero) is 1. The van der Waals surface area contributed by atoms with E-state index in [9.17, 15) is 14.7 Å². The monoisotopic (exact) mass is 619 g/mol. The fourth-order valence-corrected chi connectivity index (χ4v) is 6.79. The largest absolute Gasteiger partial charge is 0.507 e. The molecular weight excluding hydrogens is 591 g/mol. The van der Waals surface area contributed by atoms with Gasteiger partial charge in [0.2, 0.25) is 5.13 Å². The number of aliphatic hydroxyl groups excluding tert-OH is 1. The Balaban J connectivity index is 1.30. The Morgan fingerprint density at radius 2 is 1.59 bits per heavy atom. The number of hydrogen-bond acceptors (Lipinski definition) is 8. The number of carbonyl (C=O) groups excluding carboxylic acids is 2. The molecule has 1 aliphatic heterocycles. The van der Waals surface area contributed by atoms with Crippen molar-refractivity contribution >= 4 is 45.7 Å². The van der Waals surface area contributed by atoms with Crippen LogP contribution in [-0.2, 0) is 21.9 Å². The van der Waals surface area contributed by atoms with Gasteiger partial charge in [-0.3, -0.25) is 14.5 Å². The Labute approximate surface area is 263 Å². The molecule has 1 N–H and O–H groups in total. The van der Waals surface area contributed by atoms with Crippen molar-refractivity contribution in [2.24, 2.45) is 0 Å². The lowest BCUT2D eigenvalue weighted by molar-refractivity contribution is -0.132. The first-order valence-corrected chi connectivity index (χ1v) is 15.8. The van der Waals surface area contributed by atoms with E-state index in [0.29, 0.717) is 38.7 Å². The molecule has 0 bridgehead atoms. The topological polar surface area (TPSA) is 92.6 Å². The SMILES string of the molecule is Cc1ccc(C2/C(=C(\O)c3ccc(OCc4ccccc4C)cc3)C(=O)C(=O)N2c2nnc(SCc3ccccc3)s2)cc1. The second kappa shape index (κ2) is 12.9. The number of aromatic nitrogens is 2. The van der Waals surface area contributed by atoms with Crippen LogP contribution in [0.1, 0.15) is 39.4 Å². The van der Waals surface area contributed by atoms with Crippen molar-refractivity contribution in [1.29, 1.82) is 0 Å². The summed E-state index contributed by atoms with van der Waals surface area (Å²) in [5, 5.41) is 20.4. The van der Waals surface area contributed by atoms with E-state index in [0.717, 1.165) is 22.3 Å². The first kappa shape index (κ1) is 29.3. The van der Waals surface area contributed by atoms with Crippen LogP contribution < -0.4 is 9.64 Å². The number of carbonyl (C=O) groups is 2. The van der Waals surface area contributed by atoms with Crippen LogP contribution in [0.25, 0.3) is 5.76 Å². The van der Waals surface area contributed by atoms with E-state index in [4.69, 9.17) is 4.74 Å². The van der Waals surface area contributed by atoms with Gasteiger partial charge in [-0.15, -0.1) is 10.2 Å². The van der Waals surface area contributed by atoms with Crippen molar-refractivity contribution in [2.75, 3.05) is 4.90 Å². The van der Waals surface area contributed by atoms with Gasteiger partial charge < -0.3 is 9.84 Å². The summed E-state index contributed by atoms with van der Waals surface area (Å²) in [6.45, 7) is 4.40. The van der Waals surface area contributed by atoms with Crippen molar-refractivity contribution < 1.29 is 19.4 Å². The maximum atomic E-state index is 13.5. The number of ketones is 1. The fourth-order valence-electron chi connectivity index (χ4n) is 4.97. The zero-order valence-electron chi connectivity index (χ0n) is 24.1. The molecule has 0 spiro atoms. The number of rotatable bonds is 9. The summed E-state index contributed by atoms with van der Waals surface area (Å²) >= 11 is 2.76.